The highest BCUT2D eigenvalue weighted by Crippen LogP contribution is 2.26. The van der Waals surface area contributed by atoms with Gasteiger partial charge in [-0.15, -0.1) is 0 Å². The second-order valence-electron chi connectivity index (χ2n) is 4.58. The van der Waals surface area contributed by atoms with E-state index in [4.69, 9.17) is 0 Å². The Morgan fingerprint density at radius 3 is 2.87 bits per heavy atom. The summed E-state index contributed by atoms with van der Waals surface area (Å²) in [5, 5.41) is 3.41. The van der Waals surface area contributed by atoms with E-state index in [0.29, 0.717) is 0 Å². The van der Waals surface area contributed by atoms with Crippen LogP contribution in [0.25, 0.3) is 0 Å². The zero-order chi connectivity index (χ0) is 10.5. The molecule has 0 saturated heterocycles. The molecule has 2 rings (SSSR count). The fraction of sp³-hybridized carbons (Fsp3) is 0.615. The van der Waals surface area contributed by atoms with Crippen LogP contribution in [0.4, 0.5) is 0 Å². The number of aromatic nitrogens is 1. The van der Waals surface area contributed by atoms with Crippen LogP contribution in [-0.2, 0) is 6.42 Å². The van der Waals surface area contributed by atoms with Gasteiger partial charge < -0.3 is 5.32 Å². The molecule has 1 aromatic rings. The normalized spacial score (nSPS) is 26.5. The van der Waals surface area contributed by atoms with Crippen molar-refractivity contribution in [1.82, 2.24) is 10.3 Å². The van der Waals surface area contributed by atoms with Crippen LogP contribution in [0.1, 0.15) is 31.2 Å². The first-order chi connectivity index (χ1) is 7.38. The topological polar surface area (TPSA) is 24.9 Å². The lowest BCUT2D eigenvalue weighted by Crippen LogP contribution is -2.31. The van der Waals surface area contributed by atoms with Crippen molar-refractivity contribution in [2.75, 3.05) is 7.05 Å². The van der Waals surface area contributed by atoms with Crippen LogP contribution in [-0.4, -0.2) is 18.1 Å². The van der Waals surface area contributed by atoms with Gasteiger partial charge >= 0.3 is 0 Å². The van der Waals surface area contributed by atoms with Gasteiger partial charge in [-0.3, -0.25) is 4.98 Å². The molecule has 0 amide bonds. The lowest BCUT2D eigenvalue weighted by Gasteiger charge is -2.28. The van der Waals surface area contributed by atoms with Crippen molar-refractivity contribution in [1.29, 1.82) is 0 Å². The van der Waals surface area contributed by atoms with Crippen LogP contribution in [0.2, 0.25) is 0 Å². The predicted octanol–water partition coefficient (Wildman–Crippen LogP) is 2.40. The van der Waals surface area contributed by atoms with E-state index in [9.17, 15) is 0 Å². The third-order valence-electron chi connectivity index (χ3n) is 3.46. The van der Waals surface area contributed by atoms with E-state index < -0.39 is 0 Å². The van der Waals surface area contributed by atoms with E-state index in [0.717, 1.165) is 12.0 Å². The molecule has 0 aromatic carbocycles. The Morgan fingerprint density at radius 1 is 1.33 bits per heavy atom. The molecule has 1 heterocycles. The second kappa shape index (κ2) is 5.26. The molecule has 0 spiro atoms. The molecule has 2 unspecified atom stereocenters. The maximum atomic E-state index is 4.06. The summed E-state index contributed by atoms with van der Waals surface area (Å²) in [6.45, 7) is 0. The summed E-state index contributed by atoms with van der Waals surface area (Å²) in [7, 11) is 2.08. The molecule has 82 valence electrons. The van der Waals surface area contributed by atoms with Gasteiger partial charge in [0.05, 0.1) is 0 Å². The maximum absolute atomic E-state index is 4.06. The molecule has 15 heavy (non-hydrogen) atoms. The first kappa shape index (κ1) is 10.6. The van der Waals surface area contributed by atoms with Crippen molar-refractivity contribution in [3.05, 3.63) is 30.1 Å². The van der Waals surface area contributed by atoms with Crippen LogP contribution in [0.15, 0.2) is 24.5 Å². The Morgan fingerprint density at radius 2 is 2.13 bits per heavy atom. The molecule has 2 atom stereocenters. The van der Waals surface area contributed by atoms with Gasteiger partial charge in [0, 0.05) is 18.4 Å². The van der Waals surface area contributed by atoms with Gasteiger partial charge in [-0.1, -0.05) is 12.8 Å². The van der Waals surface area contributed by atoms with Crippen molar-refractivity contribution in [2.45, 2.75) is 38.1 Å². The minimum atomic E-state index is 0.741. The summed E-state index contributed by atoms with van der Waals surface area (Å²) in [6.07, 6.45) is 10.5. The summed E-state index contributed by atoms with van der Waals surface area (Å²) in [5.41, 5.74) is 1.44. The SMILES string of the molecule is CNC1CCCC(Cc2ccncc2)C1. The summed E-state index contributed by atoms with van der Waals surface area (Å²) < 4.78 is 0. The van der Waals surface area contributed by atoms with Crippen LogP contribution in [0.3, 0.4) is 0 Å². The van der Waals surface area contributed by atoms with Crippen molar-refractivity contribution >= 4 is 0 Å². The lowest BCUT2D eigenvalue weighted by atomic mass is 9.82. The fourth-order valence-corrected chi connectivity index (χ4v) is 2.59. The first-order valence-corrected chi connectivity index (χ1v) is 5.94. The number of hydrogen-bond donors (Lipinski definition) is 1. The molecular formula is C13H20N2. The molecule has 2 nitrogen and oxygen atoms in total. The van der Waals surface area contributed by atoms with E-state index in [1.807, 2.05) is 12.4 Å². The van der Waals surface area contributed by atoms with Gasteiger partial charge in [-0.05, 0) is 49.9 Å². The molecule has 1 fully saturated rings. The quantitative estimate of drug-likeness (QED) is 0.818. The number of rotatable bonds is 3. The smallest absolute Gasteiger partial charge is 0.0270 e. The van der Waals surface area contributed by atoms with Crippen LogP contribution >= 0.6 is 0 Å². The Kier molecular flexibility index (Phi) is 3.73. The molecule has 0 radical (unpaired) electrons. The van der Waals surface area contributed by atoms with E-state index in [-0.39, 0.29) is 0 Å². The Hall–Kier alpha value is -0.890. The van der Waals surface area contributed by atoms with E-state index in [1.54, 1.807) is 0 Å². The average molecular weight is 204 g/mol. The molecule has 1 N–H and O–H groups in total. The Balaban J connectivity index is 1.89. The predicted molar refractivity (Wildman–Crippen MR) is 62.7 cm³/mol. The zero-order valence-electron chi connectivity index (χ0n) is 9.45. The molecule has 1 aliphatic carbocycles. The highest BCUT2D eigenvalue weighted by atomic mass is 14.9. The van der Waals surface area contributed by atoms with Gasteiger partial charge in [0.1, 0.15) is 0 Å². The Bertz CT molecular complexity index is 284. The van der Waals surface area contributed by atoms with Gasteiger partial charge in [0.15, 0.2) is 0 Å². The van der Waals surface area contributed by atoms with Crippen molar-refractivity contribution in [3.63, 3.8) is 0 Å². The average Bonchev–Trinajstić information content (AvgIpc) is 2.31. The highest BCUT2D eigenvalue weighted by Gasteiger charge is 2.20. The Labute approximate surface area is 92.1 Å². The molecule has 2 heteroatoms. The summed E-state index contributed by atoms with van der Waals surface area (Å²) >= 11 is 0. The lowest BCUT2D eigenvalue weighted by molar-refractivity contribution is 0.294. The van der Waals surface area contributed by atoms with Gasteiger partial charge in [0.25, 0.3) is 0 Å². The summed E-state index contributed by atoms with van der Waals surface area (Å²) in [6, 6.07) is 5.02. The van der Waals surface area contributed by atoms with Crippen molar-refractivity contribution in [2.24, 2.45) is 5.92 Å². The van der Waals surface area contributed by atoms with E-state index in [2.05, 4.69) is 29.5 Å². The first-order valence-electron chi connectivity index (χ1n) is 5.94. The van der Waals surface area contributed by atoms with Crippen LogP contribution in [0.5, 0.6) is 0 Å². The van der Waals surface area contributed by atoms with Gasteiger partial charge in [-0.25, -0.2) is 0 Å². The van der Waals surface area contributed by atoms with Gasteiger partial charge in [-0.2, -0.15) is 0 Å². The third-order valence-corrected chi connectivity index (χ3v) is 3.46. The molecular weight excluding hydrogens is 184 g/mol. The summed E-state index contributed by atoms with van der Waals surface area (Å²) in [5.74, 6) is 0.860. The van der Waals surface area contributed by atoms with Gasteiger partial charge in [0.2, 0.25) is 0 Å². The van der Waals surface area contributed by atoms with E-state index in [1.165, 1.54) is 37.7 Å². The monoisotopic (exact) mass is 204 g/mol. The molecule has 1 aromatic heterocycles. The maximum Gasteiger partial charge on any atom is 0.0270 e. The molecule has 1 aliphatic rings. The highest BCUT2D eigenvalue weighted by molar-refractivity contribution is 5.10. The van der Waals surface area contributed by atoms with Crippen LogP contribution in [0, 0.1) is 5.92 Å². The van der Waals surface area contributed by atoms with Crippen molar-refractivity contribution in [3.8, 4) is 0 Å². The number of nitrogens with one attached hydrogen (secondary N) is 1. The minimum absolute atomic E-state index is 0.741. The molecule has 0 aliphatic heterocycles. The second-order valence-corrected chi connectivity index (χ2v) is 4.58. The minimum Gasteiger partial charge on any atom is -0.317 e. The summed E-state index contributed by atoms with van der Waals surface area (Å²) in [4.78, 5) is 4.06. The molecule has 0 bridgehead atoms. The standard InChI is InChI=1S/C13H20N2/c1-14-13-4-2-3-12(10-13)9-11-5-7-15-8-6-11/h5-8,12-14H,2-4,9-10H2,1H3. The zero-order valence-corrected chi connectivity index (χ0v) is 9.45. The van der Waals surface area contributed by atoms with Crippen LogP contribution < -0.4 is 5.32 Å². The number of nitrogens with zero attached hydrogens (tertiary/aromatic N) is 1. The third kappa shape index (κ3) is 3.03. The van der Waals surface area contributed by atoms with E-state index >= 15 is 0 Å². The fourth-order valence-electron chi connectivity index (χ4n) is 2.59. The number of hydrogen-bond acceptors (Lipinski definition) is 2. The molecule has 1 saturated carbocycles. The number of pyridine rings is 1. The largest absolute Gasteiger partial charge is 0.317 e. The van der Waals surface area contributed by atoms with Crippen molar-refractivity contribution < 1.29 is 0 Å².